The first-order valence-electron chi connectivity index (χ1n) is 14.4. The molecule has 3 amide bonds. The monoisotopic (exact) mass is 565 g/mol. The minimum absolute atomic E-state index is 0.0743. The molecule has 0 spiro atoms. The maximum atomic E-state index is 13.6. The van der Waals surface area contributed by atoms with E-state index in [1.165, 1.54) is 32.1 Å². The number of carboxylic acids is 1. The predicted molar refractivity (Wildman–Crippen MR) is 158 cm³/mol. The molecule has 3 N–H and O–H groups in total. The molecule has 2 aromatic carbocycles. The molecule has 2 fully saturated rings. The fourth-order valence-electron chi connectivity index (χ4n) is 6.12. The molecule has 0 radical (unpaired) electrons. The Hall–Kier alpha value is -3.32. The van der Waals surface area contributed by atoms with Crippen LogP contribution in [-0.4, -0.2) is 40.5 Å². The van der Waals surface area contributed by atoms with Crippen molar-refractivity contribution in [1.29, 1.82) is 0 Å². The molecule has 0 aliphatic heterocycles. The Bertz CT molecular complexity index is 1170. The minimum atomic E-state index is -0.958. The molecule has 0 saturated heterocycles. The van der Waals surface area contributed by atoms with E-state index in [1.807, 2.05) is 29.2 Å². The summed E-state index contributed by atoms with van der Waals surface area (Å²) in [5, 5.41) is 15.0. The zero-order valence-electron chi connectivity index (χ0n) is 23.0. The summed E-state index contributed by atoms with van der Waals surface area (Å²) < 4.78 is 0. The van der Waals surface area contributed by atoms with Gasteiger partial charge in [-0.15, -0.1) is 0 Å². The Morgan fingerprint density at radius 3 is 2.08 bits per heavy atom. The van der Waals surface area contributed by atoms with Crippen molar-refractivity contribution in [2.24, 2.45) is 11.8 Å². The third-order valence-corrected chi connectivity index (χ3v) is 8.66. The molecular weight excluding hydrogens is 526 g/mol. The van der Waals surface area contributed by atoms with E-state index < -0.39 is 5.97 Å². The van der Waals surface area contributed by atoms with Crippen LogP contribution in [0.5, 0.6) is 0 Å². The Morgan fingerprint density at radius 2 is 1.45 bits per heavy atom. The molecule has 0 aromatic heterocycles. The van der Waals surface area contributed by atoms with Crippen molar-refractivity contribution in [2.45, 2.75) is 76.8 Å². The smallest absolute Gasteiger partial charge is 0.322 e. The second kappa shape index (κ2) is 14.4. The molecule has 0 bridgehead atoms. The molecule has 214 valence electrons. The summed E-state index contributed by atoms with van der Waals surface area (Å²) in [7, 11) is 0. The minimum Gasteiger partial charge on any atom is -0.481 e. The molecule has 2 aromatic rings. The predicted octanol–water partition coefficient (Wildman–Crippen LogP) is 6.87. The van der Waals surface area contributed by atoms with Gasteiger partial charge in [-0.1, -0.05) is 74.5 Å². The molecule has 2 aliphatic rings. The lowest BCUT2D eigenvalue weighted by molar-refractivity contribution is -0.136. The highest BCUT2D eigenvalue weighted by Crippen LogP contribution is 2.39. The van der Waals surface area contributed by atoms with Gasteiger partial charge in [0, 0.05) is 35.4 Å². The SMILES string of the molecule is C=C(NC(=O)N(Cc1ccc(C(=O)NCCC(=O)O)cc1)C1CCC(C2CCCCC2)CC1)c1ccc(Cl)cc1. The van der Waals surface area contributed by atoms with Crippen molar-refractivity contribution in [1.82, 2.24) is 15.5 Å². The Balaban J connectivity index is 1.43. The van der Waals surface area contributed by atoms with Crippen molar-refractivity contribution < 1.29 is 19.5 Å². The van der Waals surface area contributed by atoms with Crippen LogP contribution < -0.4 is 10.6 Å². The molecule has 0 heterocycles. The normalized spacial score (nSPS) is 19.4. The average molecular weight is 566 g/mol. The van der Waals surface area contributed by atoms with Crippen LogP contribution in [-0.2, 0) is 11.3 Å². The molecule has 40 heavy (non-hydrogen) atoms. The highest BCUT2D eigenvalue weighted by molar-refractivity contribution is 6.30. The number of hydrogen-bond acceptors (Lipinski definition) is 3. The topological polar surface area (TPSA) is 98.7 Å². The number of nitrogens with one attached hydrogen (secondary N) is 2. The first kappa shape index (κ1) is 29.7. The second-order valence-corrected chi connectivity index (χ2v) is 11.5. The molecule has 0 unspecified atom stereocenters. The summed E-state index contributed by atoms with van der Waals surface area (Å²) in [4.78, 5) is 38.6. The first-order valence-corrected chi connectivity index (χ1v) is 14.8. The number of carboxylic acid groups (broad SMARTS) is 1. The van der Waals surface area contributed by atoms with E-state index in [9.17, 15) is 14.4 Å². The van der Waals surface area contributed by atoms with Crippen LogP contribution in [0.25, 0.3) is 5.70 Å². The van der Waals surface area contributed by atoms with Gasteiger partial charge in [-0.2, -0.15) is 0 Å². The number of benzene rings is 2. The Morgan fingerprint density at radius 1 is 0.850 bits per heavy atom. The fourth-order valence-corrected chi connectivity index (χ4v) is 6.25. The van der Waals surface area contributed by atoms with Gasteiger partial charge in [0.25, 0.3) is 5.91 Å². The van der Waals surface area contributed by atoms with Crippen LogP contribution in [0.2, 0.25) is 5.02 Å². The Labute approximate surface area is 242 Å². The Kier molecular flexibility index (Phi) is 10.6. The van der Waals surface area contributed by atoms with Gasteiger partial charge in [-0.3, -0.25) is 9.59 Å². The zero-order valence-corrected chi connectivity index (χ0v) is 23.8. The van der Waals surface area contributed by atoms with E-state index in [2.05, 4.69) is 17.2 Å². The summed E-state index contributed by atoms with van der Waals surface area (Å²) >= 11 is 6.03. The fraction of sp³-hybridized carbons (Fsp3) is 0.469. The summed E-state index contributed by atoms with van der Waals surface area (Å²) in [6.45, 7) is 4.58. The van der Waals surface area contributed by atoms with E-state index >= 15 is 0 Å². The number of aliphatic carboxylic acids is 1. The number of urea groups is 1. The number of carbonyl (C=O) groups excluding carboxylic acids is 2. The van der Waals surface area contributed by atoms with Crippen LogP contribution in [0.4, 0.5) is 4.79 Å². The molecular formula is C32H40ClN3O4. The first-order chi connectivity index (χ1) is 19.3. The maximum Gasteiger partial charge on any atom is 0.322 e. The molecule has 7 nitrogen and oxygen atoms in total. The van der Waals surface area contributed by atoms with Crippen LogP contribution in [0.1, 0.15) is 85.7 Å². The summed E-state index contributed by atoms with van der Waals surface area (Å²) in [6, 6.07) is 14.3. The van der Waals surface area contributed by atoms with Gasteiger partial charge < -0.3 is 20.6 Å². The second-order valence-electron chi connectivity index (χ2n) is 11.1. The lowest BCUT2D eigenvalue weighted by Gasteiger charge is -2.40. The third kappa shape index (κ3) is 8.34. The van der Waals surface area contributed by atoms with Crippen molar-refractivity contribution >= 4 is 35.2 Å². The van der Waals surface area contributed by atoms with Crippen molar-refractivity contribution in [3.8, 4) is 0 Å². The number of carbonyl (C=O) groups is 3. The number of hydrogen-bond donors (Lipinski definition) is 3. The van der Waals surface area contributed by atoms with Gasteiger partial charge in [0.15, 0.2) is 0 Å². The van der Waals surface area contributed by atoms with Crippen LogP contribution in [0, 0.1) is 11.8 Å². The highest BCUT2D eigenvalue weighted by Gasteiger charge is 2.33. The highest BCUT2D eigenvalue weighted by atomic mass is 35.5. The van der Waals surface area contributed by atoms with Crippen LogP contribution in [0.3, 0.4) is 0 Å². The summed E-state index contributed by atoms with van der Waals surface area (Å²) in [5.74, 6) is 0.309. The summed E-state index contributed by atoms with van der Waals surface area (Å²) in [6.07, 6.45) is 10.9. The van der Waals surface area contributed by atoms with Gasteiger partial charge in [0.2, 0.25) is 0 Å². The zero-order chi connectivity index (χ0) is 28.5. The lowest BCUT2D eigenvalue weighted by Crippen LogP contribution is -2.46. The van der Waals surface area contributed by atoms with Crippen LogP contribution in [0.15, 0.2) is 55.1 Å². The quantitative estimate of drug-likeness (QED) is 0.293. The molecule has 0 atom stereocenters. The van der Waals surface area contributed by atoms with E-state index in [1.54, 1.807) is 24.3 Å². The summed E-state index contributed by atoms with van der Waals surface area (Å²) in [5.41, 5.74) is 2.70. The van der Waals surface area contributed by atoms with E-state index in [4.69, 9.17) is 16.7 Å². The number of nitrogens with zero attached hydrogens (tertiary/aromatic N) is 1. The maximum absolute atomic E-state index is 13.6. The largest absolute Gasteiger partial charge is 0.481 e. The number of halogens is 1. The molecule has 2 aliphatic carbocycles. The standard InChI is InChI=1S/C32H40ClN3O4/c1-22(24-11-15-28(33)16-12-24)35-32(40)36(29-17-13-26(14-18-29)25-5-3-2-4-6-25)21-23-7-9-27(10-8-23)31(39)34-20-19-30(37)38/h7-12,15-16,25-26,29H,1-6,13-14,17-21H2,(H,34,39)(H,35,40)(H,37,38). The third-order valence-electron chi connectivity index (χ3n) is 8.40. The lowest BCUT2D eigenvalue weighted by atomic mass is 9.72. The van der Waals surface area contributed by atoms with Gasteiger partial charge in [0.05, 0.1) is 6.42 Å². The van der Waals surface area contributed by atoms with Crippen molar-refractivity contribution in [2.75, 3.05) is 6.54 Å². The van der Waals surface area contributed by atoms with Gasteiger partial charge in [-0.05, 0) is 72.9 Å². The number of amides is 3. The van der Waals surface area contributed by atoms with Crippen molar-refractivity contribution in [3.63, 3.8) is 0 Å². The number of rotatable bonds is 10. The van der Waals surface area contributed by atoms with Gasteiger partial charge in [-0.25, -0.2) is 4.79 Å². The average Bonchev–Trinajstić information content (AvgIpc) is 2.97. The van der Waals surface area contributed by atoms with Crippen LogP contribution >= 0.6 is 11.6 Å². The van der Waals surface area contributed by atoms with E-state index in [0.717, 1.165) is 48.6 Å². The molecule has 8 heteroatoms. The molecule has 4 rings (SSSR count). The van der Waals surface area contributed by atoms with Gasteiger partial charge in [0.1, 0.15) is 0 Å². The van der Waals surface area contributed by atoms with Gasteiger partial charge >= 0.3 is 12.0 Å². The van der Waals surface area contributed by atoms with E-state index in [0.29, 0.717) is 22.8 Å². The van der Waals surface area contributed by atoms with Crippen molar-refractivity contribution in [3.05, 3.63) is 76.8 Å². The molecule has 2 saturated carbocycles. The van der Waals surface area contributed by atoms with E-state index in [-0.39, 0.29) is 30.9 Å².